The normalized spacial score (nSPS) is 14.9. The number of piperidine rings is 1. The molecule has 1 fully saturated rings. The van der Waals surface area contributed by atoms with Crippen molar-refractivity contribution < 1.29 is 19.8 Å². The molecule has 0 bridgehead atoms. The van der Waals surface area contributed by atoms with Crippen molar-refractivity contribution in [2.24, 2.45) is 0 Å². The molecule has 0 aromatic heterocycles. The van der Waals surface area contributed by atoms with E-state index < -0.39 is 5.97 Å². The minimum Gasteiger partial charge on any atom is -0.478 e. The highest BCUT2D eigenvalue weighted by Gasteiger charge is 2.22. The fourth-order valence-electron chi connectivity index (χ4n) is 2.95. The van der Waals surface area contributed by atoms with Crippen LogP contribution in [0, 0.1) is 0 Å². The van der Waals surface area contributed by atoms with Gasteiger partial charge >= 0.3 is 5.97 Å². The predicted molar refractivity (Wildman–Crippen MR) is 98.3 cm³/mol. The zero-order valence-corrected chi connectivity index (χ0v) is 14.4. The van der Waals surface area contributed by atoms with E-state index in [1.807, 2.05) is 12.1 Å². The molecule has 6 nitrogen and oxygen atoms in total. The van der Waals surface area contributed by atoms with Crippen LogP contribution in [0.4, 0.5) is 5.69 Å². The first kappa shape index (κ1) is 17.9. The molecular formula is C20H22N2O4. The Balaban J connectivity index is 1.55. The van der Waals surface area contributed by atoms with Gasteiger partial charge in [0.1, 0.15) is 0 Å². The number of aromatic carboxylic acids is 1. The first-order chi connectivity index (χ1) is 12.5. The van der Waals surface area contributed by atoms with Gasteiger partial charge in [0, 0.05) is 30.9 Å². The summed E-state index contributed by atoms with van der Waals surface area (Å²) in [5.74, 6) is -0.944. The molecule has 6 heteroatoms. The van der Waals surface area contributed by atoms with Gasteiger partial charge in [-0.25, -0.2) is 4.79 Å². The van der Waals surface area contributed by atoms with E-state index in [-0.39, 0.29) is 17.6 Å². The molecule has 0 atom stereocenters. The van der Waals surface area contributed by atoms with Crippen molar-refractivity contribution in [3.63, 3.8) is 0 Å². The number of carboxylic acids is 1. The third-order valence-electron chi connectivity index (χ3n) is 4.58. The molecule has 26 heavy (non-hydrogen) atoms. The van der Waals surface area contributed by atoms with Crippen LogP contribution in [0.3, 0.4) is 0 Å². The molecule has 0 saturated carbocycles. The summed E-state index contributed by atoms with van der Waals surface area (Å²) in [6, 6.07) is 14.0. The molecule has 1 aliphatic heterocycles. The van der Waals surface area contributed by atoms with Gasteiger partial charge in [0.25, 0.3) is 5.91 Å². The Morgan fingerprint density at radius 1 is 0.962 bits per heavy atom. The van der Waals surface area contributed by atoms with Crippen molar-refractivity contribution in [3.8, 4) is 0 Å². The number of nitrogens with zero attached hydrogens (tertiary/aromatic N) is 1. The predicted octanol–water partition coefficient (Wildman–Crippen LogP) is 2.59. The minimum atomic E-state index is -0.937. The fourth-order valence-corrected chi connectivity index (χ4v) is 2.95. The van der Waals surface area contributed by atoms with Crippen molar-refractivity contribution in [1.82, 2.24) is 4.90 Å². The summed E-state index contributed by atoms with van der Waals surface area (Å²) in [4.78, 5) is 25.1. The highest BCUT2D eigenvalue weighted by molar-refractivity contribution is 5.94. The van der Waals surface area contributed by atoms with Crippen molar-refractivity contribution in [2.75, 3.05) is 18.4 Å². The topological polar surface area (TPSA) is 89.9 Å². The molecule has 1 amide bonds. The zero-order chi connectivity index (χ0) is 18.5. The van der Waals surface area contributed by atoms with Gasteiger partial charge in [-0.15, -0.1) is 0 Å². The largest absolute Gasteiger partial charge is 0.478 e. The smallest absolute Gasteiger partial charge is 0.335 e. The number of amides is 1. The Hall–Kier alpha value is -2.86. The van der Waals surface area contributed by atoms with E-state index in [0.29, 0.717) is 38.0 Å². The number of hydrogen-bond acceptors (Lipinski definition) is 4. The van der Waals surface area contributed by atoms with Crippen molar-refractivity contribution in [3.05, 3.63) is 65.2 Å². The summed E-state index contributed by atoms with van der Waals surface area (Å²) in [5, 5.41) is 21.7. The van der Waals surface area contributed by atoms with E-state index in [0.717, 1.165) is 11.3 Å². The average Bonchev–Trinajstić information content (AvgIpc) is 2.67. The number of nitrogens with one attached hydrogen (secondary N) is 1. The van der Waals surface area contributed by atoms with E-state index in [9.17, 15) is 14.7 Å². The summed E-state index contributed by atoms with van der Waals surface area (Å²) in [7, 11) is 0. The van der Waals surface area contributed by atoms with Gasteiger partial charge in [0.05, 0.1) is 11.7 Å². The second-order valence-electron chi connectivity index (χ2n) is 6.46. The Kier molecular flexibility index (Phi) is 5.53. The van der Waals surface area contributed by atoms with Crippen molar-refractivity contribution in [2.45, 2.75) is 25.5 Å². The molecule has 136 valence electrons. The van der Waals surface area contributed by atoms with Crippen LogP contribution < -0.4 is 5.32 Å². The molecule has 2 aromatic carbocycles. The lowest BCUT2D eigenvalue weighted by Crippen LogP contribution is -2.40. The van der Waals surface area contributed by atoms with Crippen LogP contribution in [0.15, 0.2) is 48.5 Å². The maximum Gasteiger partial charge on any atom is 0.335 e. The molecule has 1 heterocycles. The highest BCUT2D eigenvalue weighted by atomic mass is 16.4. The number of anilines is 1. The molecule has 0 unspecified atom stereocenters. The standard InChI is InChI=1S/C20H22N2O4/c23-18-9-11-22(12-10-18)19(24)15-5-7-17(8-6-15)21-13-14-1-3-16(4-2-14)20(25)26/h1-8,18,21,23H,9-13H2,(H,25,26). The summed E-state index contributed by atoms with van der Waals surface area (Å²) in [6.45, 7) is 1.75. The number of benzene rings is 2. The van der Waals surface area contributed by atoms with Crippen LogP contribution in [-0.2, 0) is 6.54 Å². The van der Waals surface area contributed by atoms with E-state index in [1.165, 1.54) is 0 Å². The number of aliphatic hydroxyl groups is 1. The number of carbonyl (C=O) groups excluding carboxylic acids is 1. The van der Waals surface area contributed by atoms with E-state index >= 15 is 0 Å². The second-order valence-corrected chi connectivity index (χ2v) is 6.46. The van der Waals surface area contributed by atoms with Gasteiger partial charge in [-0.3, -0.25) is 4.79 Å². The molecule has 3 rings (SSSR count). The molecule has 1 saturated heterocycles. The van der Waals surface area contributed by atoms with E-state index in [1.54, 1.807) is 41.3 Å². The van der Waals surface area contributed by atoms with Crippen molar-refractivity contribution in [1.29, 1.82) is 0 Å². The van der Waals surface area contributed by atoms with Gasteiger partial charge in [-0.2, -0.15) is 0 Å². The minimum absolute atomic E-state index is 0.00675. The third kappa shape index (κ3) is 4.40. The van der Waals surface area contributed by atoms with Crippen LogP contribution in [0.1, 0.15) is 39.1 Å². The Bertz CT molecular complexity index is 763. The number of carbonyl (C=O) groups is 2. The van der Waals surface area contributed by atoms with E-state index in [2.05, 4.69) is 5.32 Å². The maximum atomic E-state index is 12.5. The molecule has 2 aromatic rings. The van der Waals surface area contributed by atoms with E-state index in [4.69, 9.17) is 5.11 Å². The molecule has 1 aliphatic rings. The molecule has 0 aliphatic carbocycles. The zero-order valence-electron chi connectivity index (χ0n) is 14.4. The molecule has 0 radical (unpaired) electrons. The number of hydrogen-bond donors (Lipinski definition) is 3. The summed E-state index contributed by atoms with van der Waals surface area (Å²) >= 11 is 0. The quantitative estimate of drug-likeness (QED) is 0.768. The van der Waals surface area contributed by atoms with Crippen LogP contribution in [-0.4, -0.2) is 46.2 Å². The molecule has 3 N–H and O–H groups in total. The Morgan fingerprint density at radius 3 is 2.12 bits per heavy atom. The van der Waals surface area contributed by atoms with Crippen LogP contribution in [0.5, 0.6) is 0 Å². The molecular weight excluding hydrogens is 332 g/mol. The van der Waals surface area contributed by atoms with Crippen LogP contribution in [0.2, 0.25) is 0 Å². The SMILES string of the molecule is O=C(O)c1ccc(CNc2ccc(C(=O)N3CCC(O)CC3)cc2)cc1. The first-order valence-electron chi connectivity index (χ1n) is 8.66. The van der Waals surface area contributed by atoms with Gasteiger partial charge in [0.15, 0.2) is 0 Å². The lowest BCUT2D eigenvalue weighted by atomic mass is 10.1. The third-order valence-corrected chi connectivity index (χ3v) is 4.58. The summed E-state index contributed by atoms with van der Waals surface area (Å²) in [5.41, 5.74) is 2.76. The van der Waals surface area contributed by atoms with Crippen molar-refractivity contribution >= 4 is 17.6 Å². The number of aliphatic hydroxyl groups excluding tert-OH is 1. The average molecular weight is 354 g/mol. The van der Waals surface area contributed by atoms with Crippen LogP contribution in [0.25, 0.3) is 0 Å². The lowest BCUT2D eigenvalue weighted by molar-refractivity contribution is 0.0546. The second kappa shape index (κ2) is 8.01. The number of rotatable bonds is 5. The number of likely N-dealkylation sites (tertiary alicyclic amines) is 1. The van der Waals surface area contributed by atoms with Crippen LogP contribution >= 0.6 is 0 Å². The Labute approximate surface area is 152 Å². The fraction of sp³-hybridized carbons (Fsp3) is 0.300. The first-order valence-corrected chi connectivity index (χ1v) is 8.66. The highest BCUT2D eigenvalue weighted by Crippen LogP contribution is 2.16. The number of carboxylic acid groups (broad SMARTS) is 1. The molecule has 0 spiro atoms. The summed E-state index contributed by atoms with van der Waals surface area (Å²) in [6.07, 6.45) is 0.966. The lowest BCUT2D eigenvalue weighted by Gasteiger charge is -2.29. The van der Waals surface area contributed by atoms with Gasteiger partial charge < -0.3 is 20.4 Å². The maximum absolute atomic E-state index is 12.5. The Morgan fingerprint density at radius 2 is 1.54 bits per heavy atom. The van der Waals surface area contributed by atoms with Gasteiger partial charge in [0.2, 0.25) is 0 Å². The van der Waals surface area contributed by atoms with Gasteiger partial charge in [-0.05, 0) is 54.8 Å². The summed E-state index contributed by atoms with van der Waals surface area (Å²) < 4.78 is 0. The van der Waals surface area contributed by atoms with Gasteiger partial charge in [-0.1, -0.05) is 12.1 Å². The monoisotopic (exact) mass is 354 g/mol.